The molecule has 0 spiro atoms. The molecule has 1 N–H and O–H groups in total. The Morgan fingerprint density at radius 1 is 1.05 bits per heavy atom. The van der Waals surface area contributed by atoms with Gasteiger partial charge in [0.25, 0.3) is 10.0 Å². The van der Waals surface area contributed by atoms with E-state index < -0.39 is 10.0 Å². The average Bonchev–Trinajstić information content (AvgIpc) is 2.39. The van der Waals surface area contributed by atoms with Crippen LogP contribution < -0.4 is 9.43 Å². The lowest BCUT2D eigenvalue weighted by molar-refractivity contribution is -0.00000651. The summed E-state index contributed by atoms with van der Waals surface area (Å²) in [5.74, 6) is 0. The number of anilines is 1. The molecule has 0 aromatic heterocycles. The number of benzene rings is 2. The van der Waals surface area contributed by atoms with Crippen molar-refractivity contribution < 1.29 is 13.1 Å². The number of rotatable bonds is 3. The van der Waals surface area contributed by atoms with Crippen LogP contribution in [0.3, 0.4) is 0 Å². The van der Waals surface area contributed by atoms with Crippen LogP contribution in [-0.2, 0) is 10.0 Å². The zero-order valence-electron chi connectivity index (χ0n) is 10.7. The SMILES string of the molecule is Cc1ccc(S(=O)(=O)Nc2ccccc2C#N)cc1.[F-]. The van der Waals surface area contributed by atoms with Crippen LogP contribution in [0.2, 0.25) is 0 Å². The van der Waals surface area contributed by atoms with E-state index in [1.54, 1.807) is 36.4 Å². The molecule has 2 aromatic carbocycles. The molecule has 0 saturated carbocycles. The Bertz CT molecular complexity index is 735. The van der Waals surface area contributed by atoms with Crippen molar-refractivity contribution in [1.82, 2.24) is 0 Å². The number of hydrogen-bond acceptors (Lipinski definition) is 3. The van der Waals surface area contributed by atoms with Gasteiger partial charge in [0.15, 0.2) is 0 Å². The van der Waals surface area contributed by atoms with Gasteiger partial charge in [0.1, 0.15) is 6.07 Å². The summed E-state index contributed by atoms with van der Waals surface area (Å²) in [6.45, 7) is 1.88. The number of sulfonamides is 1. The lowest BCUT2D eigenvalue weighted by Gasteiger charge is -2.09. The third-order valence-electron chi connectivity index (χ3n) is 2.62. The smallest absolute Gasteiger partial charge is 0.261 e. The zero-order chi connectivity index (χ0) is 13.9. The quantitative estimate of drug-likeness (QED) is 0.842. The van der Waals surface area contributed by atoms with Crippen molar-refractivity contribution in [3.8, 4) is 6.07 Å². The van der Waals surface area contributed by atoms with Crippen molar-refractivity contribution in [2.75, 3.05) is 4.72 Å². The van der Waals surface area contributed by atoms with Crippen LogP contribution in [-0.4, -0.2) is 8.42 Å². The summed E-state index contributed by atoms with van der Waals surface area (Å²) in [5, 5.41) is 8.94. The highest BCUT2D eigenvalue weighted by Gasteiger charge is 2.15. The van der Waals surface area contributed by atoms with Gasteiger partial charge in [0.05, 0.1) is 16.1 Å². The summed E-state index contributed by atoms with van der Waals surface area (Å²) in [5.41, 5.74) is 1.56. The van der Waals surface area contributed by atoms with E-state index in [0.717, 1.165) is 5.56 Å². The van der Waals surface area contributed by atoms with Gasteiger partial charge in [-0.3, -0.25) is 4.72 Å². The Morgan fingerprint density at radius 2 is 1.65 bits per heavy atom. The first kappa shape index (κ1) is 15.7. The Balaban J connectivity index is 0.00000200. The molecule has 0 amide bonds. The number of aryl methyl sites for hydroxylation is 1. The number of halogens is 1. The predicted octanol–water partition coefficient (Wildman–Crippen LogP) is -0.329. The first-order chi connectivity index (χ1) is 9.03. The standard InChI is InChI=1S/C14H12N2O2S.FH/c1-11-6-8-13(9-7-11)19(17,18)16-14-5-3-2-4-12(14)10-15;/h2-9,16H,1H3;1H/p-1. The predicted molar refractivity (Wildman–Crippen MR) is 73.1 cm³/mol. The van der Waals surface area contributed by atoms with Crippen molar-refractivity contribution >= 4 is 15.7 Å². The third-order valence-corrected chi connectivity index (χ3v) is 4.00. The molecule has 0 heterocycles. The monoisotopic (exact) mass is 291 g/mol. The van der Waals surface area contributed by atoms with E-state index in [1.807, 2.05) is 13.0 Å². The van der Waals surface area contributed by atoms with E-state index in [4.69, 9.17) is 5.26 Å². The van der Waals surface area contributed by atoms with Crippen LogP contribution in [0.5, 0.6) is 0 Å². The van der Waals surface area contributed by atoms with Crippen LogP contribution in [0.1, 0.15) is 11.1 Å². The zero-order valence-corrected chi connectivity index (χ0v) is 11.5. The fourth-order valence-electron chi connectivity index (χ4n) is 1.59. The molecule has 0 saturated heterocycles. The molecule has 20 heavy (non-hydrogen) atoms. The second-order valence-electron chi connectivity index (χ2n) is 4.08. The van der Waals surface area contributed by atoms with Gasteiger partial charge in [0.2, 0.25) is 0 Å². The van der Waals surface area contributed by atoms with Crippen LogP contribution in [0.15, 0.2) is 53.4 Å². The first-order valence-electron chi connectivity index (χ1n) is 5.61. The molecule has 4 nitrogen and oxygen atoms in total. The van der Waals surface area contributed by atoms with Crippen molar-refractivity contribution in [3.63, 3.8) is 0 Å². The largest absolute Gasteiger partial charge is 1.00 e. The molecule has 0 aliphatic heterocycles. The molecule has 0 atom stereocenters. The highest BCUT2D eigenvalue weighted by molar-refractivity contribution is 7.92. The molecular formula is C14H12FN2O2S-. The van der Waals surface area contributed by atoms with Crippen LogP contribution in [0.25, 0.3) is 0 Å². The summed E-state index contributed by atoms with van der Waals surface area (Å²) in [7, 11) is -3.66. The Kier molecular flexibility index (Phi) is 4.83. The lowest BCUT2D eigenvalue weighted by Crippen LogP contribution is -3.00. The topological polar surface area (TPSA) is 70.0 Å². The highest BCUT2D eigenvalue weighted by atomic mass is 32.2. The second-order valence-corrected chi connectivity index (χ2v) is 5.76. The van der Waals surface area contributed by atoms with Gasteiger partial charge in [-0.1, -0.05) is 29.8 Å². The highest BCUT2D eigenvalue weighted by Crippen LogP contribution is 2.19. The van der Waals surface area contributed by atoms with E-state index in [0.29, 0.717) is 0 Å². The maximum Gasteiger partial charge on any atom is 0.261 e. The molecule has 6 heteroatoms. The van der Waals surface area contributed by atoms with Crippen molar-refractivity contribution in [2.45, 2.75) is 11.8 Å². The molecule has 0 aliphatic rings. The van der Waals surface area contributed by atoms with Crippen LogP contribution >= 0.6 is 0 Å². The molecule has 104 valence electrons. The second kappa shape index (κ2) is 6.17. The van der Waals surface area contributed by atoms with Gasteiger partial charge >= 0.3 is 0 Å². The number of para-hydroxylation sites is 1. The van der Waals surface area contributed by atoms with E-state index in [-0.39, 0.29) is 20.9 Å². The average molecular weight is 291 g/mol. The van der Waals surface area contributed by atoms with Gasteiger partial charge in [-0.25, -0.2) is 8.42 Å². The summed E-state index contributed by atoms with van der Waals surface area (Å²) < 4.78 is 26.7. The van der Waals surface area contributed by atoms with Gasteiger partial charge in [-0.15, -0.1) is 0 Å². The number of hydrogen-bond donors (Lipinski definition) is 1. The van der Waals surface area contributed by atoms with Gasteiger partial charge in [-0.05, 0) is 31.2 Å². The van der Waals surface area contributed by atoms with E-state index in [2.05, 4.69) is 4.72 Å². The lowest BCUT2D eigenvalue weighted by atomic mass is 10.2. The summed E-state index contributed by atoms with van der Waals surface area (Å²) in [6.07, 6.45) is 0. The van der Waals surface area contributed by atoms with E-state index in [1.165, 1.54) is 12.1 Å². The molecule has 0 unspecified atom stereocenters. The fourth-order valence-corrected chi connectivity index (χ4v) is 2.67. The maximum atomic E-state index is 12.2. The Morgan fingerprint density at radius 3 is 2.25 bits per heavy atom. The fraction of sp³-hybridized carbons (Fsp3) is 0.0714. The normalized spacial score (nSPS) is 10.2. The first-order valence-corrected chi connectivity index (χ1v) is 7.10. The van der Waals surface area contributed by atoms with Crippen molar-refractivity contribution in [3.05, 3.63) is 59.7 Å². The van der Waals surface area contributed by atoms with Crippen LogP contribution in [0.4, 0.5) is 5.69 Å². The van der Waals surface area contributed by atoms with Crippen LogP contribution in [0, 0.1) is 18.3 Å². The molecule has 0 aliphatic carbocycles. The third kappa shape index (κ3) is 3.33. The summed E-state index contributed by atoms with van der Waals surface area (Å²) >= 11 is 0. The molecule has 0 bridgehead atoms. The van der Waals surface area contributed by atoms with Crippen molar-refractivity contribution in [2.24, 2.45) is 0 Å². The van der Waals surface area contributed by atoms with Gasteiger partial charge in [0, 0.05) is 0 Å². The summed E-state index contributed by atoms with van der Waals surface area (Å²) in [4.78, 5) is 0.172. The minimum absolute atomic E-state index is 0. The molecule has 0 radical (unpaired) electrons. The number of nitrogens with one attached hydrogen (secondary N) is 1. The molecule has 2 aromatic rings. The molecular weight excluding hydrogens is 279 g/mol. The van der Waals surface area contributed by atoms with Gasteiger partial charge in [-0.2, -0.15) is 5.26 Å². The molecule has 0 fully saturated rings. The Hall–Kier alpha value is -2.39. The maximum absolute atomic E-state index is 12.2. The summed E-state index contributed by atoms with van der Waals surface area (Å²) in [6, 6.07) is 15.0. The van der Waals surface area contributed by atoms with Gasteiger partial charge < -0.3 is 4.70 Å². The molecule has 2 rings (SSSR count). The van der Waals surface area contributed by atoms with E-state index >= 15 is 0 Å². The Labute approximate surface area is 117 Å². The van der Waals surface area contributed by atoms with Crippen molar-refractivity contribution in [1.29, 1.82) is 5.26 Å². The van der Waals surface area contributed by atoms with E-state index in [9.17, 15) is 8.42 Å². The minimum Gasteiger partial charge on any atom is -1.00 e. The number of nitriles is 1. The minimum atomic E-state index is -3.66. The number of nitrogens with zero attached hydrogens (tertiary/aromatic N) is 1.